The number of carbonyl (C=O) groups excluding carboxylic acids is 2. The van der Waals surface area contributed by atoms with Crippen molar-refractivity contribution >= 4 is 17.5 Å². The number of aryl methyl sites for hydroxylation is 2. The molecular formula is C13H16N4O3. The van der Waals surface area contributed by atoms with Crippen molar-refractivity contribution in [3.8, 4) is 0 Å². The molecule has 0 aromatic carbocycles. The van der Waals surface area contributed by atoms with E-state index < -0.39 is 0 Å². The van der Waals surface area contributed by atoms with Crippen LogP contribution in [0.15, 0.2) is 12.3 Å². The Hall–Kier alpha value is -2.44. The molecule has 0 atom stereocenters. The summed E-state index contributed by atoms with van der Waals surface area (Å²) in [6.07, 6.45) is 1.65. The van der Waals surface area contributed by atoms with E-state index in [1.807, 2.05) is 13.0 Å². The van der Waals surface area contributed by atoms with E-state index in [9.17, 15) is 9.59 Å². The number of ether oxygens (including phenoxy) is 1. The van der Waals surface area contributed by atoms with Gasteiger partial charge in [0.1, 0.15) is 0 Å². The third kappa shape index (κ3) is 2.76. The maximum atomic E-state index is 12.0. The van der Waals surface area contributed by atoms with E-state index in [-0.39, 0.29) is 24.8 Å². The summed E-state index contributed by atoms with van der Waals surface area (Å²) < 4.78 is 6.13. The van der Waals surface area contributed by atoms with E-state index in [0.29, 0.717) is 16.9 Å². The van der Waals surface area contributed by atoms with Crippen LogP contribution in [0.2, 0.25) is 0 Å². The molecule has 0 saturated carbocycles. The van der Waals surface area contributed by atoms with Crippen LogP contribution < -0.4 is 5.32 Å². The summed E-state index contributed by atoms with van der Waals surface area (Å²) >= 11 is 0. The predicted molar refractivity (Wildman–Crippen MR) is 71.4 cm³/mol. The first-order valence-corrected chi connectivity index (χ1v) is 6.20. The fourth-order valence-electron chi connectivity index (χ4n) is 1.86. The van der Waals surface area contributed by atoms with Gasteiger partial charge >= 0.3 is 5.97 Å². The summed E-state index contributed by atoms with van der Waals surface area (Å²) in [7, 11) is 1.31. The number of carbonyl (C=O) groups is 2. The second kappa shape index (κ2) is 5.68. The van der Waals surface area contributed by atoms with Gasteiger partial charge in [0.15, 0.2) is 5.65 Å². The maximum Gasteiger partial charge on any atom is 0.307 e. The summed E-state index contributed by atoms with van der Waals surface area (Å²) in [5.41, 5.74) is 2.68. The van der Waals surface area contributed by atoms with Gasteiger partial charge in [0.05, 0.1) is 30.5 Å². The highest BCUT2D eigenvalue weighted by molar-refractivity contribution is 5.95. The molecule has 2 aromatic heterocycles. The first kappa shape index (κ1) is 14.0. The molecule has 106 valence electrons. The molecule has 0 saturated heterocycles. The van der Waals surface area contributed by atoms with Crippen LogP contribution in [0.25, 0.3) is 5.65 Å². The van der Waals surface area contributed by atoms with Crippen molar-refractivity contribution in [3.05, 3.63) is 29.2 Å². The molecule has 0 fully saturated rings. The molecule has 7 heteroatoms. The Kier molecular flexibility index (Phi) is 3.97. The van der Waals surface area contributed by atoms with Gasteiger partial charge in [-0.15, -0.1) is 0 Å². The molecule has 0 aliphatic carbocycles. The SMILES string of the molecule is COC(=O)CCNC(=O)c1cnc2cc(C)nn2c1C. The lowest BCUT2D eigenvalue weighted by Crippen LogP contribution is -2.27. The van der Waals surface area contributed by atoms with Crippen LogP contribution in [0.1, 0.15) is 28.2 Å². The molecule has 2 rings (SSSR count). The van der Waals surface area contributed by atoms with E-state index in [1.54, 1.807) is 11.4 Å². The molecule has 0 bridgehead atoms. The number of nitrogens with zero attached hydrogens (tertiary/aromatic N) is 3. The van der Waals surface area contributed by atoms with Crippen molar-refractivity contribution in [1.82, 2.24) is 19.9 Å². The van der Waals surface area contributed by atoms with Crippen molar-refractivity contribution in [3.63, 3.8) is 0 Å². The molecule has 0 spiro atoms. The number of hydrogen-bond donors (Lipinski definition) is 1. The Bertz CT molecular complexity index is 663. The molecule has 20 heavy (non-hydrogen) atoms. The van der Waals surface area contributed by atoms with Gasteiger partial charge in [-0.1, -0.05) is 0 Å². The van der Waals surface area contributed by atoms with Crippen LogP contribution in [0.3, 0.4) is 0 Å². The molecule has 0 aliphatic heterocycles. The summed E-state index contributed by atoms with van der Waals surface area (Å²) in [5, 5.41) is 6.93. The van der Waals surface area contributed by atoms with Crippen molar-refractivity contribution in [2.45, 2.75) is 20.3 Å². The standard InChI is InChI=1S/C13H16N4O3/c1-8-6-11-15-7-10(9(2)17(11)16-8)13(19)14-5-4-12(18)20-3/h6-7H,4-5H2,1-3H3,(H,14,19). The number of nitrogens with one attached hydrogen (secondary N) is 1. The van der Waals surface area contributed by atoms with E-state index in [4.69, 9.17) is 0 Å². The van der Waals surface area contributed by atoms with E-state index >= 15 is 0 Å². The third-order valence-corrected chi connectivity index (χ3v) is 2.93. The van der Waals surface area contributed by atoms with Gasteiger partial charge < -0.3 is 10.1 Å². The molecular weight excluding hydrogens is 260 g/mol. The highest BCUT2D eigenvalue weighted by atomic mass is 16.5. The minimum Gasteiger partial charge on any atom is -0.469 e. The first-order valence-electron chi connectivity index (χ1n) is 6.20. The number of amides is 1. The minimum atomic E-state index is -0.363. The van der Waals surface area contributed by atoms with Crippen LogP contribution in [0, 0.1) is 13.8 Å². The smallest absolute Gasteiger partial charge is 0.307 e. The molecule has 2 heterocycles. The van der Waals surface area contributed by atoms with Crippen molar-refractivity contribution in [2.24, 2.45) is 0 Å². The molecule has 0 radical (unpaired) electrons. The molecule has 1 N–H and O–H groups in total. The lowest BCUT2D eigenvalue weighted by atomic mass is 10.2. The van der Waals surface area contributed by atoms with E-state index in [0.717, 1.165) is 5.69 Å². The van der Waals surface area contributed by atoms with Gasteiger partial charge in [0, 0.05) is 18.8 Å². The van der Waals surface area contributed by atoms with Gasteiger partial charge in [-0.2, -0.15) is 5.10 Å². The number of fused-ring (bicyclic) bond motifs is 1. The average Bonchev–Trinajstić information content (AvgIpc) is 2.80. The van der Waals surface area contributed by atoms with Gasteiger partial charge in [-0.3, -0.25) is 9.59 Å². The fourth-order valence-corrected chi connectivity index (χ4v) is 1.86. The second-order valence-corrected chi connectivity index (χ2v) is 4.40. The van der Waals surface area contributed by atoms with Crippen LogP contribution in [0.5, 0.6) is 0 Å². The van der Waals surface area contributed by atoms with E-state index in [2.05, 4.69) is 20.1 Å². The molecule has 7 nitrogen and oxygen atoms in total. The number of hydrogen-bond acceptors (Lipinski definition) is 5. The maximum absolute atomic E-state index is 12.0. The second-order valence-electron chi connectivity index (χ2n) is 4.40. The molecule has 0 aliphatic rings. The number of esters is 1. The topological polar surface area (TPSA) is 85.6 Å². The van der Waals surface area contributed by atoms with Crippen LogP contribution in [-0.2, 0) is 9.53 Å². The summed E-state index contributed by atoms with van der Waals surface area (Å²) in [5.74, 6) is -0.646. The Labute approximate surface area is 115 Å². The van der Waals surface area contributed by atoms with E-state index in [1.165, 1.54) is 13.3 Å². The zero-order valence-electron chi connectivity index (χ0n) is 11.6. The third-order valence-electron chi connectivity index (χ3n) is 2.93. The van der Waals surface area contributed by atoms with Gasteiger partial charge in [0.25, 0.3) is 5.91 Å². The molecule has 2 aromatic rings. The monoisotopic (exact) mass is 276 g/mol. The largest absolute Gasteiger partial charge is 0.469 e. The van der Waals surface area contributed by atoms with Crippen LogP contribution in [0.4, 0.5) is 0 Å². The normalized spacial score (nSPS) is 10.6. The molecule has 1 amide bonds. The number of aromatic nitrogens is 3. The van der Waals surface area contributed by atoms with Gasteiger partial charge in [-0.05, 0) is 13.8 Å². The average molecular weight is 276 g/mol. The van der Waals surface area contributed by atoms with Crippen molar-refractivity contribution < 1.29 is 14.3 Å². The Morgan fingerprint density at radius 2 is 2.15 bits per heavy atom. The number of methoxy groups -OCH3 is 1. The lowest BCUT2D eigenvalue weighted by Gasteiger charge is -2.08. The number of rotatable bonds is 4. The Morgan fingerprint density at radius 1 is 1.40 bits per heavy atom. The van der Waals surface area contributed by atoms with Gasteiger partial charge in [-0.25, -0.2) is 9.50 Å². The lowest BCUT2D eigenvalue weighted by molar-refractivity contribution is -0.140. The Morgan fingerprint density at radius 3 is 2.85 bits per heavy atom. The Balaban J connectivity index is 2.14. The quantitative estimate of drug-likeness (QED) is 0.828. The zero-order valence-corrected chi connectivity index (χ0v) is 11.6. The van der Waals surface area contributed by atoms with Crippen LogP contribution in [-0.4, -0.2) is 40.1 Å². The van der Waals surface area contributed by atoms with Crippen molar-refractivity contribution in [2.75, 3.05) is 13.7 Å². The van der Waals surface area contributed by atoms with Gasteiger partial charge in [0.2, 0.25) is 0 Å². The fraction of sp³-hybridized carbons (Fsp3) is 0.385. The summed E-state index contributed by atoms with van der Waals surface area (Å²) in [6, 6.07) is 1.84. The van der Waals surface area contributed by atoms with Crippen LogP contribution >= 0.6 is 0 Å². The zero-order chi connectivity index (χ0) is 14.7. The predicted octanol–water partition coefficient (Wildman–Crippen LogP) is 0.639. The summed E-state index contributed by atoms with van der Waals surface area (Å²) in [6.45, 7) is 3.89. The highest BCUT2D eigenvalue weighted by Crippen LogP contribution is 2.10. The van der Waals surface area contributed by atoms with Crippen molar-refractivity contribution in [1.29, 1.82) is 0 Å². The minimum absolute atomic E-state index is 0.137. The highest BCUT2D eigenvalue weighted by Gasteiger charge is 2.13. The molecule has 0 unspecified atom stereocenters. The first-order chi connectivity index (χ1) is 9.52. The summed E-state index contributed by atoms with van der Waals surface area (Å²) in [4.78, 5) is 27.2.